The number of hydrogen-bond donors (Lipinski definition) is 0. The van der Waals surface area contributed by atoms with Crippen LogP contribution in [0.1, 0.15) is 33.8 Å². The summed E-state index contributed by atoms with van der Waals surface area (Å²) in [5.74, 6) is 0.389. The van der Waals surface area contributed by atoms with E-state index in [0.29, 0.717) is 11.5 Å². The van der Waals surface area contributed by atoms with Gasteiger partial charge in [0.2, 0.25) is 0 Å². The fraction of sp³-hybridized carbons (Fsp3) is 0.259. The smallest absolute Gasteiger partial charge is 0.262 e. The summed E-state index contributed by atoms with van der Waals surface area (Å²) >= 11 is 1.62. The molecule has 4 aromatic rings. The average molecular weight is 455 g/mol. The molecule has 0 bridgehead atoms. The minimum Gasteiger partial charge on any atom is -0.306 e. The molecule has 1 amide bonds. The molecule has 4 heterocycles. The number of piperidine rings is 1. The predicted molar refractivity (Wildman–Crippen MR) is 134 cm³/mol. The van der Waals surface area contributed by atoms with Crippen molar-refractivity contribution in [3.05, 3.63) is 88.9 Å². The maximum atomic E-state index is 14.3. The van der Waals surface area contributed by atoms with E-state index in [2.05, 4.69) is 42.0 Å². The van der Waals surface area contributed by atoms with Gasteiger partial charge in [-0.25, -0.2) is 4.68 Å². The number of carbonyl (C=O) groups excluding carboxylic acids is 1. The average Bonchev–Trinajstić information content (AvgIpc) is 3.56. The van der Waals surface area contributed by atoms with Gasteiger partial charge in [0, 0.05) is 30.4 Å². The van der Waals surface area contributed by atoms with E-state index in [0.717, 1.165) is 41.5 Å². The van der Waals surface area contributed by atoms with Gasteiger partial charge in [-0.2, -0.15) is 5.10 Å². The third-order valence-electron chi connectivity index (χ3n) is 6.89. The highest BCUT2D eigenvalue weighted by atomic mass is 32.1. The molecule has 2 atom stereocenters. The number of fused-ring (bicyclic) bond motifs is 3. The summed E-state index contributed by atoms with van der Waals surface area (Å²) < 4.78 is 1.83. The number of aryl methyl sites for hydroxylation is 1. The van der Waals surface area contributed by atoms with Gasteiger partial charge in [0.05, 0.1) is 16.1 Å². The molecular weight excluding hydrogens is 428 g/mol. The molecule has 2 aromatic carbocycles. The second kappa shape index (κ2) is 7.97. The molecule has 0 unspecified atom stereocenters. The monoisotopic (exact) mass is 454 g/mol. The third-order valence-corrected chi connectivity index (χ3v) is 7.77. The van der Waals surface area contributed by atoms with E-state index >= 15 is 0 Å². The van der Waals surface area contributed by atoms with E-state index in [1.807, 2.05) is 58.7 Å². The lowest BCUT2D eigenvalue weighted by atomic mass is 9.88. The van der Waals surface area contributed by atoms with Crippen LogP contribution in [0, 0.1) is 6.92 Å². The summed E-state index contributed by atoms with van der Waals surface area (Å²) in [7, 11) is 2.18. The van der Waals surface area contributed by atoms with Crippen LogP contribution in [-0.2, 0) is 0 Å². The van der Waals surface area contributed by atoms with Gasteiger partial charge < -0.3 is 9.80 Å². The molecule has 33 heavy (non-hydrogen) atoms. The largest absolute Gasteiger partial charge is 0.306 e. The fourth-order valence-electron chi connectivity index (χ4n) is 5.31. The zero-order valence-corrected chi connectivity index (χ0v) is 19.6. The second-order valence-corrected chi connectivity index (χ2v) is 10.1. The molecule has 0 aliphatic carbocycles. The van der Waals surface area contributed by atoms with Crippen LogP contribution in [0.15, 0.2) is 72.2 Å². The number of anilines is 1. The van der Waals surface area contributed by atoms with Crippen LogP contribution in [0.4, 0.5) is 5.69 Å². The Morgan fingerprint density at radius 1 is 1.09 bits per heavy atom. The number of likely N-dealkylation sites (N-methyl/N-ethyl adjacent to an activating group) is 1. The molecule has 5 nitrogen and oxygen atoms in total. The molecule has 166 valence electrons. The number of thiophene rings is 1. The zero-order chi connectivity index (χ0) is 22.5. The van der Waals surface area contributed by atoms with Crippen LogP contribution in [0.5, 0.6) is 0 Å². The third kappa shape index (κ3) is 3.41. The fourth-order valence-corrected chi connectivity index (χ4v) is 6.04. The number of benzene rings is 2. The van der Waals surface area contributed by atoms with Crippen molar-refractivity contribution in [2.45, 2.75) is 25.3 Å². The summed E-state index contributed by atoms with van der Waals surface area (Å²) in [4.78, 5) is 19.7. The Morgan fingerprint density at radius 2 is 1.94 bits per heavy atom. The van der Waals surface area contributed by atoms with Crippen molar-refractivity contribution in [1.29, 1.82) is 0 Å². The normalized spacial score (nSPS) is 20.0. The van der Waals surface area contributed by atoms with Gasteiger partial charge in [0.1, 0.15) is 5.69 Å². The van der Waals surface area contributed by atoms with Gasteiger partial charge in [0.25, 0.3) is 5.91 Å². The van der Waals surface area contributed by atoms with Crippen molar-refractivity contribution in [3.63, 3.8) is 0 Å². The van der Waals surface area contributed by atoms with Crippen LogP contribution >= 0.6 is 11.3 Å². The van der Waals surface area contributed by atoms with Gasteiger partial charge in [-0.05, 0) is 62.1 Å². The number of hydrogen-bond acceptors (Lipinski definition) is 4. The predicted octanol–water partition coefficient (Wildman–Crippen LogP) is 5.36. The first kappa shape index (κ1) is 20.4. The van der Waals surface area contributed by atoms with Crippen LogP contribution in [0.2, 0.25) is 0 Å². The highest BCUT2D eigenvalue weighted by Gasteiger charge is 2.44. The molecule has 6 rings (SSSR count). The van der Waals surface area contributed by atoms with Crippen molar-refractivity contribution in [2.24, 2.45) is 0 Å². The minimum atomic E-state index is 0.0442. The van der Waals surface area contributed by atoms with E-state index in [-0.39, 0.29) is 11.9 Å². The molecule has 2 aromatic heterocycles. The van der Waals surface area contributed by atoms with Crippen molar-refractivity contribution in [3.8, 4) is 16.3 Å². The van der Waals surface area contributed by atoms with E-state index in [1.54, 1.807) is 11.3 Å². The Morgan fingerprint density at radius 3 is 2.73 bits per heavy atom. The SMILES string of the molecule is Cc1ccc2c(c1)[C@H]1CN(C)CC[C@@H]1N2C(=O)c1cn(-c2ccccc2)nc1-c1cccs1. The molecule has 0 N–H and O–H groups in total. The number of aromatic nitrogens is 2. The van der Waals surface area contributed by atoms with Crippen molar-refractivity contribution in [1.82, 2.24) is 14.7 Å². The lowest BCUT2D eigenvalue weighted by Gasteiger charge is -2.36. The lowest BCUT2D eigenvalue weighted by molar-refractivity contribution is 0.0965. The Balaban J connectivity index is 1.48. The second-order valence-electron chi connectivity index (χ2n) is 9.11. The first-order valence-corrected chi connectivity index (χ1v) is 12.3. The Labute approximate surface area is 197 Å². The van der Waals surface area contributed by atoms with Gasteiger partial charge in [0.15, 0.2) is 0 Å². The molecule has 2 aliphatic rings. The number of likely N-dealkylation sites (tertiary alicyclic amines) is 1. The van der Waals surface area contributed by atoms with Gasteiger partial charge in [-0.3, -0.25) is 4.79 Å². The molecule has 0 saturated carbocycles. The van der Waals surface area contributed by atoms with Crippen LogP contribution < -0.4 is 4.90 Å². The number of nitrogens with zero attached hydrogens (tertiary/aromatic N) is 4. The summed E-state index contributed by atoms with van der Waals surface area (Å²) in [5, 5.41) is 6.91. The zero-order valence-electron chi connectivity index (χ0n) is 18.8. The molecule has 1 fully saturated rings. The summed E-state index contributed by atoms with van der Waals surface area (Å²) in [6, 6.07) is 20.8. The highest BCUT2D eigenvalue weighted by Crippen LogP contribution is 2.46. The lowest BCUT2D eigenvalue weighted by Crippen LogP contribution is -2.47. The first-order valence-electron chi connectivity index (χ1n) is 11.4. The standard InChI is InChI=1S/C27H26N4OS/c1-18-10-11-23-20(15-18)21-16-29(2)13-12-24(21)31(23)27(32)22-17-30(19-7-4-3-5-8-19)28-26(22)25-9-6-14-33-25/h3-11,14-15,17,21,24H,12-13,16H2,1-2H3/t21-,24+/m1/s1. The first-order chi connectivity index (χ1) is 16.1. The Bertz CT molecular complexity index is 1310. The maximum Gasteiger partial charge on any atom is 0.262 e. The van der Waals surface area contributed by atoms with Gasteiger partial charge >= 0.3 is 0 Å². The Kier molecular flexibility index (Phi) is 4.93. The topological polar surface area (TPSA) is 41.4 Å². The molecule has 0 radical (unpaired) electrons. The Hall–Kier alpha value is -3.22. The molecular formula is C27H26N4OS. The highest BCUT2D eigenvalue weighted by molar-refractivity contribution is 7.13. The van der Waals surface area contributed by atoms with Crippen molar-refractivity contribution < 1.29 is 4.79 Å². The minimum absolute atomic E-state index is 0.0442. The summed E-state index contributed by atoms with van der Waals surface area (Å²) in [6.07, 6.45) is 2.88. The van der Waals surface area contributed by atoms with Crippen LogP contribution in [-0.4, -0.2) is 46.8 Å². The van der Waals surface area contributed by atoms with Gasteiger partial charge in [-0.1, -0.05) is 42.0 Å². The van der Waals surface area contributed by atoms with Crippen LogP contribution in [0.3, 0.4) is 0 Å². The number of rotatable bonds is 3. The molecule has 6 heteroatoms. The molecule has 0 spiro atoms. The quantitative estimate of drug-likeness (QED) is 0.419. The number of para-hydroxylation sites is 1. The summed E-state index contributed by atoms with van der Waals surface area (Å²) in [5.41, 5.74) is 5.96. The van der Waals surface area contributed by atoms with E-state index in [4.69, 9.17) is 5.10 Å². The number of carbonyl (C=O) groups is 1. The van der Waals surface area contributed by atoms with Crippen LogP contribution in [0.25, 0.3) is 16.3 Å². The van der Waals surface area contributed by atoms with Crippen molar-refractivity contribution in [2.75, 3.05) is 25.0 Å². The van der Waals surface area contributed by atoms with Gasteiger partial charge in [-0.15, -0.1) is 11.3 Å². The van der Waals surface area contributed by atoms with E-state index in [9.17, 15) is 4.79 Å². The molecule has 2 aliphatic heterocycles. The molecule has 1 saturated heterocycles. The maximum absolute atomic E-state index is 14.3. The van der Waals surface area contributed by atoms with Crippen molar-refractivity contribution >= 4 is 22.9 Å². The summed E-state index contributed by atoms with van der Waals surface area (Å²) in [6.45, 7) is 4.11. The number of amides is 1. The van der Waals surface area contributed by atoms with E-state index in [1.165, 1.54) is 11.1 Å². The van der Waals surface area contributed by atoms with E-state index < -0.39 is 0 Å².